The van der Waals surface area contributed by atoms with Gasteiger partial charge in [-0.3, -0.25) is 4.79 Å². The predicted molar refractivity (Wildman–Crippen MR) is 38.0 cm³/mol. The van der Waals surface area contributed by atoms with Gasteiger partial charge in [-0.25, -0.2) is 0 Å². The minimum absolute atomic E-state index is 0.681. The Bertz CT molecular complexity index is 116. The number of carbonyl (C=O) groups is 1. The van der Waals surface area contributed by atoms with Gasteiger partial charge >= 0.3 is 0 Å². The summed E-state index contributed by atoms with van der Waals surface area (Å²) in [7, 11) is 0. The SMILES string of the molecule is CC/C(C)=C(/Br)C=O. The van der Waals surface area contributed by atoms with Crippen molar-refractivity contribution in [3.05, 3.63) is 10.1 Å². The van der Waals surface area contributed by atoms with E-state index in [1.165, 1.54) is 0 Å². The van der Waals surface area contributed by atoms with Gasteiger partial charge in [-0.05, 0) is 29.3 Å². The highest BCUT2D eigenvalue weighted by Crippen LogP contribution is 2.10. The van der Waals surface area contributed by atoms with E-state index in [0.29, 0.717) is 4.48 Å². The van der Waals surface area contributed by atoms with Crippen molar-refractivity contribution in [3.63, 3.8) is 0 Å². The maximum atomic E-state index is 10.0. The van der Waals surface area contributed by atoms with E-state index in [-0.39, 0.29) is 0 Å². The van der Waals surface area contributed by atoms with E-state index < -0.39 is 0 Å². The van der Waals surface area contributed by atoms with Crippen LogP contribution in [-0.4, -0.2) is 6.29 Å². The first kappa shape index (κ1) is 7.89. The van der Waals surface area contributed by atoms with Crippen LogP contribution in [0.25, 0.3) is 0 Å². The summed E-state index contributed by atoms with van der Waals surface area (Å²) in [6.45, 7) is 3.94. The van der Waals surface area contributed by atoms with Crippen molar-refractivity contribution in [3.8, 4) is 0 Å². The van der Waals surface area contributed by atoms with Gasteiger partial charge in [0.15, 0.2) is 6.29 Å². The molecule has 1 nitrogen and oxygen atoms in total. The molecule has 0 unspecified atom stereocenters. The van der Waals surface area contributed by atoms with Crippen molar-refractivity contribution < 1.29 is 4.79 Å². The monoisotopic (exact) mass is 176 g/mol. The third-order valence-corrected chi connectivity index (χ3v) is 1.91. The van der Waals surface area contributed by atoms with E-state index in [1.54, 1.807) is 0 Å². The van der Waals surface area contributed by atoms with Crippen LogP contribution < -0.4 is 0 Å². The number of aldehydes is 1. The van der Waals surface area contributed by atoms with Gasteiger partial charge in [0.2, 0.25) is 0 Å². The summed E-state index contributed by atoms with van der Waals surface area (Å²) in [6.07, 6.45) is 1.75. The molecule has 0 aliphatic rings. The van der Waals surface area contributed by atoms with Crippen LogP contribution in [0.3, 0.4) is 0 Å². The predicted octanol–water partition coefficient (Wildman–Crippen LogP) is 2.26. The van der Waals surface area contributed by atoms with E-state index in [9.17, 15) is 4.79 Å². The van der Waals surface area contributed by atoms with Crippen LogP contribution >= 0.6 is 15.9 Å². The van der Waals surface area contributed by atoms with Gasteiger partial charge in [0.1, 0.15) is 0 Å². The Morgan fingerprint density at radius 1 is 1.75 bits per heavy atom. The molecule has 0 saturated heterocycles. The highest BCUT2D eigenvalue weighted by atomic mass is 79.9. The molecule has 8 heavy (non-hydrogen) atoms. The van der Waals surface area contributed by atoms with Crippen LogP contribution in [0.15, 0.2) is 10.1 Å². The first-order valence-electron chi connectivity index (χ1n) is 2.52. The largest absolute Gasteiger partial charge is 0.297 e. The zero-order valence-corrected chi connectivity index (χ0v) is 6.66. The summed E-state index contributed by atoms with van der Waals surface area (Å²) in [6, 6.07) is 0. The van der Waals surface area contributed by atoms with Crippen molar-refractivity contribution >= 4 is 22.2 Å². The molecule has 0 aromatic heterocycles. The van der Waals surface area contributed by atoms with E-state index in [2.05, 4.69) is 15.9 Å². The molecule has 2 heteroatoms. The smallest absolute Gasteiger partial charge is 0.156 e. The molecule has 0 aliphatic heterocycles. The van der Waals surface area contributed by atoms with Gasteiger partial charge in [0.05, 0.1) is 4.48 Å². The Balaban J connectivity index is 4.03. The van der Waals surface area contributed by atoms with Crippen LogP contribution in [0.2, 0.25) is 0 Å². The summed E-state index contributed by atoms with van der Waals surface area (Å²) in [4.78, 5) is 10.0. The quantitative estimate of drug-likeness (QED) is 0.467. The normalized spacial score (nSPS) is 12.9. The lowest BCUT2D eigenvalue weighted by Gasteiger charge is -1.91. The second-order valence-electron chi connectivity index (χ2n) is 1.60. The number of hydrogen-bond donors (Lipinski definition) is 0. The lowest BCUT2D eigenvalue weighted by molar-refractivity contribution is -0.104. The molecule has 0 rings (SSSR count). The molecule has 0 bridgehead atoms. The highest BCUT2D eigenvalue weighted by Gasteiger charge is 1.91. The fourth-order valence-corrected chi connectivity index (χ4v) is 0.550. The first-order valence-corrected chi connectivity index (χ1v) is 3.32. The number of rotatable bonds is 2. The second kappa shape index (κ2) is 3.84. The Labute approximate surface area is 57.9 Å². The van der Waals surface area contributed by atoms with Gasteiger partial charge in [0, 0.05) is 0 Å². The third-order valence-electron chi connectivity index (χ3n) is 1.04. The number of allylic oxidation sites excluding steroid dienone is 2. The minimum atomic E-state index is 0.681. The van der Waals surface area contributed by atoms with Crippen molar-refractivity contribution in [2.45, 2.75) is 20.3 Å². The summed E-state index contributed by atoms with van der Waals surface area (Å²) < 4.78 is 0.681. The number of halogens is 1. The Hall–Kier alpha value is -0.110. The summed E-state index contributed by atoms with van der Waals surface area (Å²) in [5.74, 6) is 0. The zero-order valence-electron chi connectivity index (χ0n) is 5.07. The molecular weight excluding hydrogens is 168 g/mol. The summed E-state index contributed by atoms with van der Waals surface area (Å²) in [5, 5.41) is 0. The Kier molecular flexibility index (Phi) is 3.79. The van der Waals surface area contributed by atoms with Crippen LogP contribution in [0.5, 0.6) is 0 Å². The standard InChI is InChI=1S/C6H9BrO/c1-3-5(2)6(7)4-8/h4H,3H2,1-2H3/b6-5+. The minimum Gasteiger partial charge on any atom is -0.297 e. The lowest BCUT2D eigenvalue weighted by atomic mass is 10.2. The maximum absolute atomic E-state index is 10.0. The van der Waals surface area contributed by atoms with Gasteiger partial charge < -0.3 is 0 Å². The van der Waals surface area contributed by atoms with Crippen molar-refractivity contribution in [2.75, 3.05) is 0 Å². The molecule has 0 aromatic rings. The number of carbonyl (C=O) groups excluding carboxylic acids is 1. The molecule has 0 N–H and O–H groups in total. The van der Waals surface area contributed by atoms with Crippen molar-refractivity contribution in [2.24, 2.45) is 0 Å². The molecule has 0 aromatic carbocycles. The van der Waals surface area contributed by atoms with Crippen molar-refractivity contribution in [1.29, 1.82) is 0 Å². The van der Waals surface area contributed by atoms with E-state index >= 15 is 0 Å². The van der Waals surface area contributed by atoms with Gasteiger partial charge in [-0.15, -0.1) is 0 Å². The lowest BCUT2D eigenvalue weighted by Crippen LogP contribution is -1.78. The molecule has 0 atom stereocenters. The van der Waals surface area contributed by atoms with E-state index in [0.717, 1.165) is 18.3 Å². The average molecular weight is 177 g/mol. The molecule has 0 spiro atoms. The Morgan fingerprint density at radius 3 is 2.38 bits per heavy atom. The van der Waals surface area contributed by atoms with Crippen molar-refractivity contribution in [1.82, 2.24) is 0 Å². The van der Waals surface area contributed by atoms with Gasteiger partial charge in [0.25, 0.3) is 0 Å². The fourth-order valence-electron chi connectivity index (χ4n) is 0.269. The third kappa shape index (κ3) is 2.26. The van der Waals surface area contributed by atoms with E-state index in [1.807, 2.05) is 13.8 Å². The molecule has 0 fully saturated rings. The van der Waals surface area contributed by atoms with Gasteiger partial charge in [-0.2, -0.15) is 0 Å². The zero-order chi connectivity index (χ0) is 6.57. The summed E-state index contributed by atoms with van der Waals surface area (Å²) in [5.41, 5.74) is 1.10. The summed E-state index contributed by atoms with van der Waals surface area (Å²) >= 11 is 3.11. The van der Waals surface area contributed by atoms with Crippen LogP contribution in [-0.2, 0) is 4.79 Å². The van der Waals surface area contributed by atoms with Crippen LogP contribution in [0.4, 0.5) is 0 Å². The first-order chi connectivity index (χ1) is 3.72. The molecule has 0 aliphatic carbocycles. The van der Waals surface area contributed by atoms with Crippen LogP contribution in [0.1, 0.15) is 20.3 Å². The second-order valence-corrected chi connectivity index (χ2v) is 2.45. The highest BCUT2D eigenvalue weighted by molar-refractivity contribution is 9.12. The molecular formula is C6H9BrO. The van der Waals surface area contributed by atoms with E-state index in [4.69, 9.17) is 0 Å². The average Bonchev–Trinajstić information content (AvgIpc) is 1.84. The maximum Gasteiger partial charge on any atom is 0.156 e. The molecule has 0 heterocycles. The topological polar surface area (TPSA) is 17.1 Å². The molecule has 0 amide bonds. The molecule has 46 valence electrons. The van der Waals surface area contributed by atoms with Crippen LogP contribution in [0, 0.1) is 0 Å². The fraction of sp³-hybridized carbons (Fsp3) is 0.500. The Morgan fingerprint density at radius 2 is 2.25 bits per heavy atom. The number of hydrogen-bond acceptors (Lipinski definition) is 1. The van der Waals surface area contributed by atoms with Gasteiger partial charge in [-0.1, -0.05) is 12.5 Å². The molecule has 0 saturated carbocycles. The molecule has 0 radical (unpaired) electrons.